The molecule has 0 bridgehead atoms. The molecule has 6 aromatic rings. The molecule has 0 saturated carbocycles. The van der Waals surface area contributed by atoms with Crippen molar-refractivity contribution >= 4 is 47.0 Å². The summed E-state index contributed by atoms with van der Waals surface area (Å²) in [7, 11) is 0. The highest BCUT2D eigenvalue weighted by molar-refractivity contribution is 5.93. The number of halogens is 1. The number of benzene rings is 2. The van der Waals surface area contributed by atoms with Crippen LogP contribution in [0.3, 0.4) is 0 Å². The predicted octanol–water partition coefficient (Wildman–Crippen LogP) is 4.45. The minimum atomic E-state index is -1.03. The van der Waals surface area contributed by atoms with E-state index in [2.05, 4.69) is 83.6 Å². The van der Waals surface area contributed by atoms with E-state index >= 15 is 0 Å². The van der Waals surface area contributed by atoms with E-state index in [4.69, 9.17) is 20.3 Å². The Morgan fingerprint density at radius 1 is 0.722 bits per heavy atom. The molecule has 0 unspecified atom stereocenters. The topological polar surface area (TPSA) is 178 Å². The molecule has 6 heterocycles. The number of ether oxygens (including phenoxy) is 2. The number of anilines is 2. The number of nitrogens with zero attached hydrogens (tertiary/aromatic N) is 8. The molecule has 16 heteroatoms. The molecule has 2 aliphatic heterocycles. The monoisotopic (exact) mass is 756 g/mol. The van der Waals surface area contributed by atoms with Gasteiger partial charge in [-0.2, -0.15) is 0 Å². The molecule has 2 saturated heterocycles. The van der Waals surface area contributed by atoms with Crippen molar-refractivity contribution in [3.05, 3.63) is 121 Å². The van der Waals surface area contributed by atoms with Crippen LogP contribution in [-0.4, -0.2) is 98.3 Å². The van der Waals surface area contributed by atoms with E-state index in [1.54, 1.807) is 46.0 Å². The first-order valence-electron chi connectivity index (χ1n) is 17.5. The fourth-order valence-electron chi connectivity index (χ4n) is 5.86. The first-order chi connectivity index (χ1) is 25.7. The number of aromatic nitrogens is 6. The average Bonchev–Trinajstić information content (AvgIpc) is 3.85. The number of amides is 1. The lowest BCUT2D eigenvalue weighted by Gasteiger charge is -2.29. The summed E-state index contributed by atoms with van der Waals surface area (Å²) in [4.78, 5) is 43.5. The van der Waals surface area contributed by atoms with Crippen molar-refractivity contribution in [1.82, 2.24) is 34.1 Å². The van der Waals surface area contributed by atoms with Crippen LogP contribution in [0.15, 0.2) is 98.1 Å². The summed E-state index contributed by atoms with van der Waals surface area (Å²) in [5.74, 6) is -1.22. The number of hydrogen-bond donors (Lipinski definition) is 3. The molecular formula is C38H45ClN10O5. The second kappa shape index (κ2) is 18.9. The molecule has 1 amide bonds. The van der Waals surface area contributed by atoms with E-state index in [0.717, 1.165) is 58.2 Å². The number of aromatic carboxylic acids is 1. The molecule has 8 rings (SSSR count). The van der Waals surface area contributed by atoms with Crippen LogP contribution in [-0.2, 0) is 9.47 Å². The largest absolute Gasteiger partial charge is 0.476 e. The number of hydrogen-bond acceptors (Lipinski definition) is 11. The number of nitrogens with one attached hydrogen (secondary N) is 1. The maximum atomic E-state index is 12.5. The van der Waals surface area contributed by atoms with Gasteiger partial charge in [0.1, 0.15) is 5.69 Å². The zero-order valence-electron chi connectivity index (χ0n) is 30.2. The molecule has 2 atom stereocenters. The third-order valence-corrected chi connectivity index (χ3v) is 8.89. The van der Waals surface area contributed by atoms with Gasteiger partial charge in [-0.05, 0) is 49.2 Å². The SMILES string of the molecule is C[C@@H](N)c1ccc(N2CCOCC2)cc1.C[C@@H](NC(=O)c1cn2ccncc2n1)c1ccc(N2CCOCC2)cc1.Cl.O=C(O)c1cn2ccncc2n1. The molecule has 15 nitrogen and oxygen atoms in total. The number of rotatable bonds is 7. The number of carbonyl (C=O) groups excluding carboxylic acids is 1. The Kier molecular flexibility index (Phi) is 13.9. The molecule has 0 radical (unpaired) electrons. The van der Waals surface area contributed by atoms with Crippen LogP contribution in [0, 0.1) is 0 Å². The molecule has 2 aliphatic rings. The van der Waals surface area contributed by atoms with Crippen molar-refractivity contribution in [3.8, 4) is 0 Å². The van der Waals surface area contributed by atoms with E-state index < -0.39 is 5.97 Å². The summed E-state index contributed by atoms with van der Waals surface area (Å²) < 4.78 is 14.1. The maximum absolute atomic E-state index is 12.5. The van der Waals surface area contributed by atoms with Crippen LogP contribution in [0.1, 0.15) is 58.0 Å². The molecule has 2 aromatic carbocycles. The molecule has 0 aliphatic carbocycles. The minimum Gasteiger partial charge on any atom is -0.476 e. The second-order valence-corrected chi connectivity index (χ2v) is 12.6. The molecule has 2 fully saturated rings. The zero-order valence-corrected chi connectivity index (χ0v) is 31.0. The average molecular weight is 757 g/mol. The van der Waals surface area contributed by atoms with Crippen LogP contribution in [0.2, 0.25) is 0 Å². The molecule has 284 valence electrons. The zero-order chi connectivity index (χ0) is 37.2. The molecule has 0 spiro atoms. The predicted molar refractivity (Wildman–Crippen MR) is 208 cm³/mol. The van der Waals surface area contributed by atoms with E-state index in [1.807, 2.05) is 13.8 Å². The second-order valence-electron chi connectivity index (χ2n) is 12.6. The molecular weight excluding hydrogens is 712 g/mol. The van der Waals surface area contributed by atoms with E-state index in [9.17, 15) is 9.59 Å². The van der Waals surface area contributed by atoms with Gasteiger partial charge in [-0.1, -0.05) is 24.3 Å². The van der Waals surface area contributed by atoms with Crippen molar-refractivity contribution < 1.29 is 24.2 Å². The standard InChI is InChI=1S/C19H21N5O2.C12H18N2O.C7H5N3O2.ClH/c1-14(15-2-4-16(5-3-15)23-8-10-26-11-9-23)21-19(25)17-13-24-7-6-20-12-18(24)22-17;1-10(13)11-2-4-12(5-3-11)14-6-8-15-9-7-14;11-7(12)5-4-10-2-1-8-3-6(10)9-5;/h2-7,12-14H,8-11H2,1H3,(H,21,25);2-5,10H,6-9,13H2,1H3;1-4H,(H,11,12);1H/t14-;10-;;/m11../s1. The molecule has 4 aromatic heterocycles. The fraction of sp³-hybridized carbons (Fsp3) is 0.316. The first kappa shape index (κ1) is 39.6. The van der Waals surface area contributed by atoms with Crippen molar-refractivity contribution in [2.75, 3.05) is 62.4 Å². The van der Waals surface area contributed by atoms with Gasteiger partial charge in [0.25, 0.3) is 5.91 Å². The Balaban J connectivity index is 0.000000170. The van der Waals surface area contributed by atoms with Gasteiger partial charge in [0.15, 0.2) is 17.0 Å². The molecule has 54 heavy (non-hydrogen) atoms. The van der Waals surface area contributed by atoms with Gasteiger partial charge in [-0.25, -0.2) is 14.8 Å². The molecule has 4 N–H and O–H groups in total. The van der Waals surface area contributed by atoms with E-state index in [0.29, 0.717) is 17.0 Å². The summed E-state index contributed by atoms with van der Waals surface area (Å²) in [5, 5.41) is 11.6. The van der Waals surface area contributed by atoms with Gasteiger partial charge >= 0.3 is 5.97 Å². The highest BCUT2D eigenvalue weighted by Gasteiger charge is 2.16. The number of imidazole rings is 2. The number of carboxylic acids is 1. The van der Waals surface area contributed by atoms with Crippen molar-refractivity contribution in [2.24, 2.45) is 5.73 Å². The summed E-state index contributed by atoms with van der Waals surface area (Å²) in [6.07, 6.45) is 12.9. The fourth-order valence-corrected chi connectivity index (χ4v) is 5.86. The number of carbonyl (C=O) groups is 2. The Morgan fingerprint density at radius 2 is 1.17 bits per heavy atom. The van der Waals surface area contributed by atoms with Gasteiger partial charge in [-0.3, -0.25) is 14.8 Å². The van der Waals surface area contributed by atoms with Crippen molar-refractivity contribution in [1.29, 1.82) is 0 Å². The van der Waals surface area contributed by atoms with Gasteiger partial charge < -0.3 is 44.2 Å². The Labute approximate surface area is 319 Å². The Bertz CT molecular complexity index is 2030. The highest BCUT2D eigenvalue weighted by atomic mass is 35.5. The smallest absolute Gasteiger partial charge is 0.356 e. The van der Waals surface area contributed by atoms with Crippen LogP contribution in [0.4, 0.5) is 11.4 Å². The van der Waals surface area contributed by atoms with Crippen LogP contribution >= 0.6 is 12.4 Å². The summed E-state index contributed by atoms with van der Waals surface area (Å²) >= 11 is 0. The van der Waals surface area contributed by atoms with Crippen molar-refractivity contribution in [3.63, 3.8) is 0 Å². The normalized spacial score (nSPS) is 15.2. The Morgan fingerprint density at radius 3 is 1.61 bits per heavy atom. The number of morpholine rings is 2. The van der Waals surface area contributed by atoms with Crippen LogP contribution < -0.4 is 20.9 Å². The first-order valence-corrected chi connectivity index (χ1v) is 17.5. The number of nitrogens with two attached hydrogens (primary N) is 1. The lowest BCUT2D eigenvalue weighted by Crippen LogP contribution is -2.36. The van der Waals surface area contributed by atoms with Gasteiger partial charge in [-0.15, -0.1) is 12.4 Å². The lowest BCUT2D eigenvalue weighted by atomic mass is 10.1. The van der Waals surface area contributed by atoms with Crippen LogP contribution in [0.25, 0.3) is 11.3 Å². The Hall–Kier alpha value is -5.61. The lowest BCUT2D eigenvalue weighted by molar-refractivity contribution is 0.0691. The van der Waals surface area contributed by atoms with Gasteiger partial charge in [0.2, 0.25) is 0 Å². The van der Waals surface area contributed by atoms with Crippen molar-refractivity contribution in [2.45, 2.75) is 25.9 Å². The maximum Gasteiger partial charge on any atom is 0.356 e. The van der Waals surface area contributed by atoms with Crippen LogP contribution in [0.5, 0.6) is 0 Å². The van der Waals surface area contributed by atoms with E-state index in [1.165, 1.54) is 29.3 Å². The summed E-state index contributed by atoms with van der Waals surface area (Å²) in [6.45, 7) is 11.0. The number of carboxylic acid groups (broad SMARTS) is 1. The van der Waals surface area contributed by atoms with Gasteiger partial charge in [0, 0.05) is 80.8 Å². The van der Waals surface area contributed by atoms with E-state index in [-0.39, 0.29) is 36.1 Å². The summed E-state index contributed by atoms with van der Waals surface area (Å²) in [5.41, 5.74) is 12.1. The third-order valence-electron chi connectivity index (χ3n) is 8.89. The summed E-state index contributed by atoms with van der Waals surface area (Å²) in [6, 6.07) is 16.8. The third kappa shape index (κ3) is 10.3. The highest BCUT2D eigenvalue weighted by Crippen LogP contribution is 2.21. The minimum absolute atomic E-state index is 0. The van der Waals surface area contributed by atoms with Gasteiger partial charge in [0.05, 0.1) is 44.9 Å². The quantitative estimate of drug-likeness (QED) is 0.209. The number of fused-ring (bicyclic) bond motifs is 2.